The lowest BCUT2D eigenvalue weighted by Crippen LogP contribution is -2.10. The fourth-order valence-electron chi connectivity index (χ4n) is 2.74. The number of nitrogens with one attached hydrogen (secondary N) is 1. The number of hydrogen-bond acceptors (Lipinski definition) is 4. The maximum atomic E-state index is 13.9. The van der Waals surface area contributed by atoms with Crippen molar-refractivity contribution in [2.24, 2.45) is 0 Å². The predicted octanol–water partition coefficient (Wildman–Crippen LogP) is 4.94. The number of aromatic nitrogens is 4. The van der Waals surface area contributed by atoms with Gasteiger partial charge in [-0.05, 0) is 29.1 Å². The molecule has 0 aliphatic rings. The zero-order chi connectivity index (χ0) is 20.4. The largest absolute Gasteiger partial charge is 0.319 e. The van der Waals surface area contributed by atoms with Crippen LogP contribution in [0.4, 0.5) is 10.1 Å². The van der Waals surface area contributed by atoms with Crippen LogP contribution >= 0.6 is 34.5 Å². The van der Waals surface area contributed by atoms with Crippen molar-refractivity contribution in [3.63, 3.8) is 0 Å². The lowest BCUT2D eigenvalue weighted by atomic mass is 10.2. The Morgan fingerprint density at radius 1 is 1.14 bits per heavy atom. The molecule has 6 nitrogen and oxygen atoms in total. The third kappa shape index (κ3) is 4.67. The van der Waals surface area contributed by atoms with Crippen molar-refractivity contribution in [1.82, 2.24) is 19.6 Å². The van der Waals surface area contributed by atoms with Crippen LogP contribution in [0.2, 0.25) is 10.0 Å². The molecule has 0 spiro atoms. The average molecular weight is 450 g/mol. The van der Waals surface area contributed by atoms with Crippen molar-refractivity contribution in [2.75, 3.05) is 5.32 Å². The molecule has 0 fully saturated rings. The Bertz CT molecular complexity index is 1150. The highest BCUT2D eigenvalue weighted by Gasteiger charge is 2.13. The zero-order valence-corrected chi connectivity index (χ0v) is 17.2. The van der Waals surface area contributed by atoms with Gasteiger partial charge in [0.1, 0.15) is 5.82 Å². The number of thiophene rings is 1. The Hall–Kier alpha value is -2.68. The molecule has 0 saturated heterocycles. The number of rotatable bonds is 6. The van der Waals surface area contributed by atoms with E-state index in [9.17, 15) is 9.18 Å². The predicted molar refractivity (Wildman–Crippen MR) is 111 cm³/mol. The van der Waals surface area contributed by atoms with Crippen LogP contribution in [0.25, 0.3) is 0 Å². The third-order valence-electron chi connectivity index (χ3n) is 4.10. The highest BCUT2D eigenvalue weighted by atomic mass is 35.5. The number of benzene rings is 1. The maximum Gasteiger partial charge on any atom is 0.265 e. The summed E-state index contributed by atoms with van der Waals surface area (Å²) in [7, 11) is 0. The van der Waals surface area contributed by atoms with Crippen LogP contribution in [0.5, 0.6) is 0 Å². The molecule has 0 aliphatic carbocycles. The van der Waals surface area contributed by atoms with Crippen LogP contribution in [0, 0.1) is 5.82 Å². The van der Waals surface area contributed by atoms with Gasteiger partial charge in [-0.3, -0.25) is 14.2 Å². The molecule has 0 unspecified atom stereocenters. The van der Waals surface area contributed by atoms with Gasteiger partial charge in [0.2, 0.25) is 0 Å². The second kappa shape index (κ2) is 8.36. The van der Waals surface area contributed by atoms with Crippen molar-refractivity contribution < 1.29 is 9.18 Å². The van der Waals surface area contributed by atoms with Gasteiger partial charge in [0.25, 0.3) is 5.91 Å². The standard InChI is InChI=1S/C19H14Cl2FN5OS/c20-13-5-23-26(8-13)7-12-4-18(29-11-12)19(28)25-14-6-24-27(9-14)10-15-16(21)2-1-3-17(15)22/h1-6,8-9,11H,7,10H2,(H,25,28). The molecule has 1 aromatic carbocycles. The first-order valence-electron chi connectivity index (χ1n) is 8.50. The van der Waals surface area contributed by atoms with Gasteiger partial charge >= 0.3 is 0 Å². The minimum Gasteiger partial charge on any atom is -0.319 e. The molecule has 0 atom stereocenters. The number of nitrogens with zero attached hydrogens (tertiary/aromatic N) is 4. The van der Waals surface area contributed by atoms with E-state index in [0.29, 0.717) is 32.7 Å². The highest BCUT2D eigenvalue weighted by Crippen LogP contribution is 2.21. The normalized spacial score (nSPS) is 11.0. The molecule has 3 aromatic heterocycles. The maximum absolute atomic E-state index is 13.9. The van der Waals surface area contributed by atoms with E-state index in [0.717, 1.165) is 5.56 Å². The lowest BCUT2D eigenvalue weighted by Gasteiger charge is -2.05. The summed E-state index contributed by atoms with van der Waals surface area (Å²) < 4.78 is 17.1. The van der Waals surface area contributed by atoms with E-state index in [-0.39, 0.29) is 12.5 Å². The van der Waals surface area contributed by atoms with Crippen LogP contribution in [-0.2, 0) is 13.1 Å². The van der Waals surface area contributed by atoms with Gasteiger partial charge in [-0.2, -0.15) is 10.2 Å². The van der Waals surface area contributed by atoms with Crippen LogP contribution in [0.3, 0.4) is 0 Å². The zero-order valence-electron chi connectivity index (χ0n) is 14.8. The molecule has 0 radical (unpaired) electrons. The van der Waals surface area contributed by atoms with Crippen molar-refractivity contribution in [3.8, 4) is 0 Å². The Balaban J connectivity index is 1.40. The second-order valence-corrected chi connectivity index (χ2v) is 8.01. The molecule has 4 aromatic rings. The van der Waals surface area contributed by atoms with Crippen molar-refractivity contribution >= 4 is 46.1 Å². The highest BCUT2D eigenvalue weighted by molar-refractivity contribution is 7.12. The van der Waals surface area contributed by atoms with Gasteiger partial charge in [0.15, 0.2) is 0 Å². The Labute approximate surface area is 179 Å². The number of amides is 1. The Morgan fingerprint density at radius 3 is 2.69 bits per heavy atom. The van der Waals surface area contributed by atoms with Crippen LogP contribution < -0.4 is 5.32 Å². The summed E-state index contributed by atoms with van der Waals surface area (Å²) in [5.74, 6) is -0.647. The van der Waals surface area contributed by atoms with E-state index in [1.54, 1.807) is 41.5 Å². The summed E-state index contributed by atoms with van der Waals surface area (Å²) in [5.41, 5.74) is 1.80. The number of carbonyl (C=O) groups excluding carboxylic acids is 1. The first-order chi connectivity index (χ1) is 14.0. The molecular formula is C19H14Cl2FN5OS. The molecule has 1 N–H and O–H groups in total. The van der Waals surface area contributed by atoms with Crippen molar-refractivity contribution in [1.29, 1.82) is 0 Å². The van der Waals surface area contributed by atoms with E-state index in [2.05, 4.69) is 15.5 Å². The molecule has 10 heteroatoms. The number of carbonyl (C=O) groups is 1. The SMILES string of the molecule is O=C(Nc1cnn(Cc2c(F)cccc2Cl)c1)c1cc(Cn2cc(Cl)cn2)cs1. The topological polar surface area (TPSA) is 64.7 Å². The summed E-state index contributed by atoms with van der Waals surface area (Å²) in [6.07, 6.45) is 6.41. The quantitative estimate of drug-likeness (QED) is 0.453. The van der Waals surface area contributed by atoms with Gasteiger partial charge in [-0.1, -0.05) is 29.3 Å². The molecule has 0 bridgehead atoms. The summed E-state index contributed by atoms with van der Waals surface area (Å²) in [5, 5.41) is 13.9. The smallest absolute Gasteiger partial charge is 0.265 e. The number of hydrogen-bond donors (Lipinski definition) is 1. The molecule has 29 heavy (non-hydrogen) atoms. The van der Waals surface area contributed by atoms with Crippen molar-refractivity contribution in [3.05, 3.63) is 86.3 Å². The third-order valence-corrected chi connectivity index (χ3v) is 5.62. The van der Waals surface area contributed by atoms with E-state index >= 15 is 0 Å². The van der Waals surface area contributed by atoms with Gasteiger partial charge < -0.3 is 5.32 Å². The molecular weight excluding hydrogens is 436 g/mol. The van der Waals surface area contributed by atoms with Crippen molar-refractivity contribution in [2.45, 2.75) is 13.1 Å². The summed E-state index contributed by atoms with van der Waals surface area (Å²) in [4.78, 5) is 13.1. The van der Waals surface area contributed by atoms with E-state index < -0.39 is 5.82 Å². The number of halogens is 3. The fourth-order valence-corrected chi connectivity index (χ4v) is 3.92. The molecule has 4 rings (SSSR count). The Kier molecular flexibility index (Phi) is 5.66. The van der Waals surface area contributed by atoms with Crippen LogP contribution in [0.1, 0.15) is 20.8 Å². The molecule has 1 amide bonds. The fraction of sp³-hybridized carbons (Fsp3) is 0.105. The first-order valence-corrected chi connectivity index (χ1v) is 10.1. The molecule has 148 valence electrons. The summed E-state index contributed by atoms with van der Waals surface area (Å²) >= 11 is 13.2. The van der Waals surface area contributed by atoms with E-state index in [1.807, 2.05) is 5.38 Å². The number of anilines is 1. The van der Waals surface area contributed by atoms with Gasteiger partial charge in [-0.15, -0.1) is 11.3 Å². The van der Waals surface area contributed by atoms with Crippen LogP contribution in [-0.4, -0.2) is 25.5 Å². The second-order valence-electron chi connectivity index (χ2n) is 6.26. The lowest BCUT2D eigenvalue weighted by molar-refractivity contribution is 0.103. The molecule has 0 aliphatic heterocycles. The van der Waals surface area contributed by atoms with Gasteiger partial charge in [0.05, 0.1) is 41.1 Å². The van der Waals surface area contributed by atoms with Gasteiger partial charge in [-0.25, -0.2) is 4.39 Å². The minimum absolute atomic E-state index is 0.164. The van der Waals surface area contributed by atoms with Crippen LogP contribution in [0.15, 0.2) is 54.4 Å². The monoisotopic (exact) mass is 449 g/mol. The molecule has 0 saturated carbocycles. The minimum atomic E-state index is -0.400. The van der Waals surface area contributed by atoms with E-state index in [4.69, 9.17) is 23.2 Å². The molecule has 3 heterocycles. The van der Waals surface area contributed by atoms with E-state index in [1.165, 1.54) is 28.3 Å². The summed E-state index contributed by atoms with van der Waals surface area (Å²) in [6.45, 7) is 0.689. The summed E-state index contributed by atoms with van der Waals surface area (Å²) in [6, 6.07) is 6.32. The van der Waals surface area contributed by atoms with Gasteiger partial charge in [0, 0.05) is 23.0 Å². The first kappa shape index (κ1) is 19.6. The Morgan fingerprint density at radius 2 is 1.93 bits per heavy atom. The average Bonchev–Trinajstić information content (AvgIpc) is 3.41.